The zero-order valence-corrected chi connectivity index (χ0v) is 16.9. The number of rotatable bonds is 10. The number of hydrogen-bond acceptors (Lipinski definition) is 3. The zero-order chi connectivity index (χ0) is 18.8. The molecule has 0 amide bonds. The van der Waals surface area contributed by atoms with Gasteiger partial charge in [-0.25, -0.2) is 4.79 Å². The Balaban J connectivity index is 0.00000364. The van der Waals surface area contributed by atoms with E-state index in [1.807, 2.05) is 55.5 Å². The number of aliphatic hydroxyl groups is 1. The van der Waals surface area contributed by atoms with Gasteiger partial charge in [0.05, 0.1) is 0 Å². The van der Waals surface area contributed by atoms with Crippen LogP contribution < -0.4 is 5.46 Å². The molecular formula is C22H33BO5. The summed E-state index contributed by atoms with van der Waals surface area (Å²) in [6.45, 7) is 4.17. The Bertz CT molecular complexity index is 665. The molecule has 0 saturated heterocycles. The van der Waals surface area contributed by atoms with Crippen LogP contribution in [0.15, 0.2) is 60.7 Å². The number of hydrogen-bond donors (Lipinski definition) is 1. The van der Waals surface area contributed by atoms with Gasteiger partial charge >= 0.3 is 5.97 Å². The number of esters is 1. The summed E-state index contributed by atoms with van der Waals surface area (Å²) in [5, 5.41) is 11.3. The first-order valence-corrected chi connectivity index (χ1v) is 9.63. The molecule has 0 aliphatic rings. The van der Waals surface area contributed by atoms with Gasteiger partial charge in [-0.05, 0) is 24.8 Å². The highest BCUT2D eigenvalue weighted by molar-refractivity contribution is 6.60. The van der Waals surface area contributed by atoms with Crippen LogP contribution in [0.4, 0.5) is 0 Å². The number of unbranched alkanes of at least 4 members (excludes halogenated alkanes) is 2. The molecule has 0 spiro atoms. The van der Waals surface area contributed by atoms with Gasteiger partial charge in [-0.2, -0.15) is 0 Å². The van der Waals surface area contributed by atoms with E-state index in [1.165, 1.54) is 0 Å². The molecule has 0 heterocycles. The fraction of sp³-hybridized carbons (Fsp3) is 0.409. The molecule has 2 aromatic rings. The molecule has 0 saturated carbocycles. The number of carbonyl (C=O) groups is 1. The summed E-state index contributed by atoms with van der Waals surface area (Å²) in [5.41, 5.74) is -0.215. The predicted octanol–water partition coefficient (Wildman–Crippen LogP) is 1.85. The maximum atomic E-state index is 13.0. The monoisotopic (exact) mass is 388 g/mol. The number of benzene rings is 2. The van der Waals surface area contributed by atoms with Crippen molar-refractivity contribution in [2.75, 3.05) is 0 Å². The summed E-state index contributed by atoms with van der Waals surface area (Å²) in [7, 11) is 0.197. The average molecular weight is 388 g/mol. The van der Waals surface area contributed by atoms with E-state index in [0.717, 1.165) is 37.6 Å². The zero-order valence-electron chi connectivity index (χ0n) is 16.9. The predicted molar refractivity (Wildman–Crippen MR) is 115 cm³/mol. The summed E-state index contributed by atoms with van der Waals surface area (Å²) >= 11 is 0. The van der Waals surface area contributed by atoms with E-state index in [4.69, 9.17) is 4.74 Å². The van der Waals surface area contributed by atoms with Crippen molar-refractivity contribution in [1.82, 2.24) is 0 Å². The van der Waals surface area contributed by atoms with E-state index in [1.54, 1.807) is 12.1 Å². The molecule has 0 aliphatic carbocycles. The van der Waals surface area contributed by atoms with E-state index in [-0.39, 0.29) is 24.3 Å². The van der Waals surface area contributed by atoms with E-state index >= 15 is 0 Å². The SMILES string of the molecule is CCCCCC(CC)OC(=O)[C@@](O)(Bc1ccccc1)c1ccccc1.O.O. The van der Waals surface area contributed by atoms with Crippen LogP contribution in [0.2, 0.25) is 0 Å². The van der Waals surface area contributed by atoms with Gasteiger partial charge < -0.3 is 20.8 Å². The summed E-state index contributed by atoms with van der Waals surface area (Å²) in [6.07, 6.45) is 4.73. The van der Waals surface area contributed by atoms with Gasteiger partial charge in [0.25, 0.3) is 0 Å². The van der Waals surface area contributed by atoms with Crippen LogP contribution >= 0.6 is 0 Å². The maximum Gasteiger partial charge on any atom is 0.334 e. The van der Waals surface area contributed by atoms with Crippen LogP contribution in [-0.4, -0.2) is 35.4 Å². The van der Waals surface area contributed by atoms with Crippen LogP contribution in [0, 0.1) is 0 Å². The minimum atomic E-state index is -1.68. The van der Waals surface area contributed by atoms with E-state index in [2.05, 4.69) is 6.92 Å². The Kier molecular flexibility index (Phi) is 12.1. The molecule has 0 aliphatic heterocycles. The van der Waals surface area contributed by atoms with Crippen molar-refractivity contribution < 1.29 is 25.6 Å². The highest BCUT2D eigenvalue weighted by Crippen LogP contribution is 2.24. The quantitative estimate of drug-likeness (QED) is 0.381. The van der Waals surface area contributed by atoms with Crippen molar-refractivity contribution in [3.05, 3.63) is 66.2 Å². The fourth-order valence-corrected chi connectivity index (χ4v) is 3.11. The molecule has 0 radical (unpaired) electrons. The van der Waals surface area contributed by atoms with Crippen molar-refractivity contribution in [3.63, 3.8) is 0 Å². The second-order valence-corrected chi connectivity index (χ2v) is 6.82. The van der Waals surface area contributed by atoms with Crippen LogP contribution in [0.25, 0.3) is 0 Å². The standard InChI is InChI=1S/C22H29BO3.2H2O/c1-3-5-8-17-20(4-2)26-21(24)22(25,18-13-9-6-10-14-18)23-19-15-11-7-12-16-19;;/h6-7,9-16,20,23,25H,3-5,8,17H2,1-2H3;2*1H2/t20?,22-;;/m1../s1. The minimum absolute atomic E-state index is 0. The highest BCUT2D eigenvalue weighted by atomic mass is 16.6. The van der Waals surface area contributed by atoms with Gasteiger partial charge in [0.15, 0.2) is 5.50 Å². The number of carbonyl (C=O) groups excluding carboxylic acids is 1. The summed E-state index contributed by atoms with van der Waals surface area (Å²) in [6, 6.07) is 18.7. The maximum absolute atomic E-state index is 13.0. The van der Waals surface area contributed by atoms with Gasteiger partial charge in [-0.3, -0.25) is 0 Å². The summed E-state index contributed by atoms with van der Waals surface area (Å²) in [4.78, 5) is 13.0. The molecule has 0 aromatic heterocycles. The summed E-state index contributed by atoms with van der Waals surface area (Å²) < 4.78 is 5.75. The Hall–Kier alpha value is -2.15. The van der Waals surface area contributed by atoms with Crippen molar-refractivity contribution in [3.8, 4) is 0 Å². The summed E-state index contributed by atoms with van der Waals surface area (Å²) in [5.74, 6) is -0.559. The molecule has 6 heteroatoms. The molecule has 28 heavy (non-hydrogen) atoms. The Labute approximate surface area is 168 Å². The van der Waals surface area contributed by atoms with E-state index in [9.17, 15) is 9.90 Å². The lowest BCUT2D eigenvalue weighted by atomic mass is 9.53. The molecule has 0 fully saturated rings. The topological polar surface area (TPSA) is 110 Å². The van der Waals surface area contributed by atoms with Crippen LogP contribution in [0.3, 0.4) is 0 Å². The highest BCUT2D eigenvalue weighted by Gasteiger charge is 2.41. The molecule has 5 nitrogen and oxygen atoms in total. The Morgan fingerprint density at radius 3 is 2.11 bits per heavy atom. The van der Waals surface area contributed by atoms with Crippen molar-refractivity contribution in [2.45, 2.75) is 57.6 Å². The second-order valence-electron chi connectivity index (χ2n) is 6.82. The number of ether oxygens (including phenoxy) is 1. The molecule has 0 bridgehead atoms. The lowest BCUT2D eigenvalue weighted by molar-refractivity contribution is -0.164. The minimum Gasteiger partial charge on any atom is -0.461 e. The smallest absolute Gasteiger partial charge is 0.334 e. The Morgan fingerprint density at radius 2 is 1.57 bits per heavy atom. The second kappa shape index (κ2) is 13.1. The van der Waals surface area contributed by atoms with Gasteiger partial charge in [-0.1, -0.05) is 92.8 Å². The van der Waals surface area contributed by atoms with Gasteiger partial charge in [0.1, 0.15) is 6.10 Å². The molecule has 2 atom stereocenters. The Morgan fingerprint density at radius 1 is 1.00 bits per heavy atom. The van der Waals surface area contributed by atoms with Crippen LogP contribution in [-0.2, 0) is 15.0 Å². The van der Waals surface area contributed by atoms with Gasteiger partial charge in [0.2, 0.25) is 7.28 Å². The third-order valence-corrected chi connectivity index (χ3v) is 4.75. The molecule has 2 rings (SSSR count). The van der Waals surface area contributed by atoms with Gasteiger partial charge in [-0.15, -0.1) is 0 Å². The lowest BCUT2D eigenvalue weighted by Gasteiger charge is -2.28. The first-order chi connectivity index (χ1) is 12.6. The molecule has 154 valence electrons. The first kappa shape index (κ1) is 25.9. The molecule has 2 aromatic carbocycles. The average Bonchev–Trinajstić information content (AvgIpc) is 2.68. The largest absolute Gasteiger partial charge is 0.461 e. The van der Waals surface area contributed by atoms with E-state index < -0.39 is 11.5 Å². The first-order valence-electron chi connectivity index (χ1n) is 9.63. The lowest BCUT2D eigenvalue weighted by Crippen LogP contribution is -2.48. The van der Waals surface area contributed by atoms with Crippen molar-refractivity contribution in [2.24, 2.45) is 0 Å². The third kappa shape index (κ3) is 7.11. The van der Waals surface area contributed by atoms with Crippen molar-refractivity contribution in [1.29, 1.82) is 0 Å². The van der Waals surface area contributed by atoms with E-state index in [0.29, 0.717) is 5.56 Å². The third-order valence-electron chi connectivity index (χ3n) is 4.75. The van der Waals surface area contributed by atoms with Crippen molar-refractivity contribution >= 4 is 18.7 Å². The fourth-order valence-electron chi connectivity index (χ4n) is 3.11. The molecule has 5 N–H and O–H groups in total. The normalized spacial score (nSPS) is 13.2. The molecular weight excluding hydrogens is 355 g/mol. The van der Waals surface area contributed by atoms with Gasteiger partial charge in [0, 0.05) is 0 Å². The van der Waals surface area contributed by atoms with Crippen LogP contribution in [0.1, 0.15) is 51.5 Å². The van der Waals surface area contributed by atoms with Crippen LogP contribution in [0.5, 0.6) is 0 Å². The molecule has 1 unspecified atom stereocenters.